The predicted octanol–water partition coefficient (Wildman–Crippen LogP) is 6.85. The number of carbonyl (C=O) groups excluding carboxylic acids is 2. The van der Waals surface area contributed by atoms with Crippen molar-refractivity contribution in [1.29, 1.82) is 0 Å². The Labute approximate surface area is 257 Å². The quantitative estimate of drug-likeness (QED) is 0.216. The van der Waals surface area contributed by atoms with Crippen LogP contribution in [0.25, 0.3) is 22.2 Å². The van der Waals surface area contributed by atoms with Crippen molar-refractivity contribution in [2.75, 3.05) is 6.79 Å². The molecule has 7 rings (SSSR count). The van der Waals surface area contributed by atoms with Gasteiger partial charge in [-0.3, -0.25) is 9.59 Å². The molecule has 1 aromatic heterocycles. The molecule has 0 saturated heterocycles. The van der Waals surface area contributed by atoms with E-state index in [1.54, 1.807) is 0 Å². The lowest BCUT2D eigenvalue weighted by molar-refractivity contribution is -0.128. The zero-order valence-corrected chi connectivity index (χ0v) is 25.1. The number of nitrogens with zero attached hydrogens (tertiary/aromatic N) is 2. The van der Waals surface area contributed by atoms with Crippen molar-refractivity contribution in [3.05, 3.63) is 119 Å². The summed E-state index contributed by atoms with van der Waals surface area (Å²) < 4.78 is 13.2. The molecule has 222 valence electrons. The molecule has 44 heavy (non-hydrogen) atoms. The number of carbonyl (C=O) groups is 2. The van der Waals surface area contributed by atoms with Crippen LogP contribution in [0.15, 0.2) is 97.1 Å². The van der Waals surface area contributed by atoms with Crippen molar-refractivity contribution in [2.24, 2.45) is 13.0 Å². The first-order chi connectivity index (χ1) is 21.5. The van der Waals surface area contributed by atoms with Gasteiger partial charge in [-0.2, -0.15) is 0 Å². The Morgan fingerprint density at radius 2 is 1.66 bits per heavy atom. The smallest absolute Gasteiger partial charge is 0.255 e. The molecular formula is C37H35N3O4. The largest absolute Gasteiger partial charge is 0.454 e. The molecule has 2 amide bonds. The van der Waals surface area contributed by atoms with E-state index in [-0.39, 0.29) is 24.5 Å². The van der Waals surface area contributed by atoms with Crippen LogP contribution in [0, 0.1) is 5.92 Å². The highest BCUT2D eigenvalue weighted by Crippen LogP contribution is 2.48. The standard InChI is InChI=1S/C37H35N3O4/c1-4-23(2)33(36(41)38-21-24-18-19-30-31(20-24)44-22-43-30)40-35(26-14-8-9-15-27(26)37(40)42)32-28-16-10-11-17-29(28)39(3)34(32)25-12-6-5-7-13-25/h5-20,23,33,35H,4,21-22H2,1-3H3,(H,38,41). The monoisotopic (exact) mass is 585 g/mol. The third-order valence-corrected chi connectivity index (χ3v) is 9.12. The molecule has 2 aliphatic heterocycles. The van der Waals surface area contributed by atoms with Gasteiger partial charge in [-0.25, -0.2) is 0 Å². The summed E-state index contributed by atoms with van der Waals surface area (Å²) >= 11 is 0. The van der Waals surface area contributed by atoms with E-state index in [2.05, 4.69) is 55.0 Å². The number of rotatable bonds is 8. The van der Waals surface area contributed by atoms with E-state index in [0.29, 0.717) is 23.6 Å². The normalized spacial score (nSPS) is 16.7. The maximum atomic E-state index is 14.4. The fraction of sp³-hybridized carbons (Fsp3) is 0.243. The predicted molar refractivity (Wildman–Crippen MR) is 170 cm³/mol. The zero-order valence-electron chi connectivity index (χ0n) is 25.1. The summed E-state index contributed by atoms with van der Waals surface area (Å²) in [5.74, 6) is 0.975. The topological polar surface area (TPSA) is 72.8 Å². The minimum atomic E-state index is -0.693. The number of amides is 2. The third kappa shape index (κ3) is 4.51. The van der Waals surface area contributed by atoms with Gasteiger partial charge >= 0.3 is 0 Å². The van der Waals surface area contributed by atoms with Gasteiger partial charge in [0.1, 0.15) is 6.04 Å². The van der Waals surface area contributed by atoms with E-state index in [1.807, 2.05) is 77.7 Å². The van der Waals surface area contributed by atoms with E-state index in [0.717, 1.165) is 45.3 Å². The van der Waals surface area contributed by atoms with Gasteiger partial charge in [0.15, 0.2) is 11.5 Å². The van der Waals surface area contributed by atoms with Crippen LogP contribution in [-0.4, -0.2) is 34.1 Å². The summed E-state index contributed by atoms with van der Waals surface area (Å²) in [6.07, 6.45) is 0.732. The Balaban J connectivity index is 1.36. The second-order valence-corrected chi connectivity index (χ2v) is 11.6. The van der Waals surface area contributed by atoms with Crippen molar-refractivity contribution >= 4 is 22.7 Å². The zero-order chi connectivity index (χ0) is 30.4. The molecule has 7 heteroatoms. The summed E-state index contributed by atoms with van der Waals surface area (Å²) in [4.78, 5) is 30.6. The van der Waals surface area contributed by atoms with Crippen molar-refractivity contribution in [3.63, 3.8) is 0 Å². The van der Waals surface area contributed by atoms with Crippen LogP contribution in [0.1, 0.15) is 53.4 Å². The van der Waals surface area contributed by atoms with Gasteiger partial charge in [0, 0.05) is 35.6 Å². The molecule has 3 heterocycles. The Bertz CT molecular complexity index is 1880. The molecule has 1 N–H and O–H groups in total. The Morgan fingerprint density at radius 1 is 0.932 bits per heavy atom. The molecule has 0 saturated carbocycles. The average Bonchev–Trinajstić information content (AvgIpc) is 3.73. The molecule has 7 nitrogen and oxygen atoms in total. The third-order valence-electron chi connectivity index (χ3n) is 9.12. The number of benzene rings is 4. The van der Waals surface area contributed by atoms with Gasteiger partial charge in [0.25, 0.3) is 5.91 Å². The van der Waals surface area contributed by atoms with Gasteiger partial charge in [0.2, 0.25) is 12.7 Å². The van der Waals surface area contributed by atoms with Gasteiger partial charge in [-0.1, -0.05) is 93.1 Å². The number of aromatic nitrogens is 1. The van der Waals surface area contributed by atoms with E-state index in [1.165, 1.54) is 0 Å². The number of hydrogen-bond donors (Lipinski definition) is 1. The minimum absolute atomic E-state index is 0.0948. The van der Waals surface area contributed by atoms with Gasteiger partial charge in [-0.15, -0.1) is 0 Å². The van der Waals surface area contributed by atoms with E-state index in [4.69, 9.17) is 9.47 Å². The highest BCUT2D eigenvalue weighted by molar-refractivity contribution is 6.04. The van der Waals surface area contributed by atoms with Crippen molar-refractivity contribution in [3.8, 4) is 22.8 Å². The molecule has 0 bridgehead atoms. The highest BCUT2D eigenvalue weighted by Gasteiger charge is 2.47. The maximum absolute atomic E-state index is 14.4. The van der Waals surface area contributed by atoms with Crippen molar-refractivity contribution in [1.82, 2.24) is 14.8 Å². The van der Waals surface area contributed by atoms with Gasteiger partial charge in [0.05, 0.1) is 11.7 Å². The molecule has 5 aromatic rings. The summed E-state index contributed by atoms with van der Waals surface area (Å²) in [5.41, 5.74) is 6.66. The summed E-state index contributed by atoms with van der Waals surface area (Å²) in [6.45, 7) is 4.63. The first-order valence-corrected chi connectivity index (χ1v) is 15.2. The Kier molecular flexibility index (Phi) is 7.09. The second kappa shape index (κ2) is 11.2. The fourth-order valence-electron chi connectivity index (χ4n) is 6.79. The van der Waals surface area contributed by atoms with Crippen molar-refractivity contribution < 1.29 is 19.1 Å². The molecule has 2 aliphatic rings. The summed E-state index contributed by atoms with van der Waals surface area (Å²) in [6, 6.07) is 30.9. The van der Waals surface area contributed by atoms with Crippen molar-refractivity contribution in [2.45, 2.75) is 38.9 Å². The molecule has 0 fully saturated rings. The van der Waals surface area contributed by atoms with Crippen LogP contribution in [0.4, 0.5) is 0 Å². The van der Waals surface area contributed by atoms with Crippen LogP contribution in [0.5, 0.6) is 11.5 Å². The van der Waals surface area contributed by atoms with Crippen LogP contribution >= 0.6 is 0 Å². The second-order valence-electron chi connectivity index (χ2n) is 11.6. The molecule has 3 unspecified atom stereocenters. The number of hydrogen-bond acceptors (Lipinski definition) is 4. The number of para-hydroxylation sites is 1. The van der Waals surface area contributed by atoms with Gasteiger partial charge in [-0.05, 0) is 46.9 Å². The first-order valence-electron chi connectivity index (χ1n) is 15.2. The lowest BCUT2D eigenvalue weighted by Gasteiger charge is -2.36. The first kappa shape index (κ1) is 27.8. The Hall–Kier alpha value is -5.04. The molecule has 0 spiro atoms. The average molecular weight is 586 g/mol. The van der Waals surface area contributed by atoms with E-state index < -0.39 is 12.1 Å². The minimum Gasteiger partial charge on any atom is -0.454 e. The fourth-order valence-corrected chi connectivity index (χ4v) is 6.79. The molecule has 3 atom stereocenters. The highest BCUT2D eigenvalue weighted by atomic mass is 16.7. The van der Waals surface area contributed by atoms with Crippen LogP contribution in [-0.2, 0) is 18.4 Å². The molecular weight excluding hydrogens is 550 g/mol. The van der Waals surface area contributed by atoms with E-state index >= 15 is 0 Å². The molecule has 0 radical (unpaired) electrons. The number of nitrogens with one attached hydrogen (secondary N) is 1. The SMILES string of the molecule is CCC(C)C(C(=O)NCc1ccc2c(c1)OCO2)N1C(=O)c2ccccc2C1c1c(-c2ccccc2)n(C)c2ccccc12. The number of aryl methyl sites for hydroxylation is 1. The van der Waals surface area contributed by atoms with Gasteiger partial charge < -0.3 is 24.3 Å². The van der Waals surface area contributed by atoms with Crippen LogP contribution < -0.4 is 14.8 Å². The maximum Gasteiger partial charge on any atom is 0.255 e. The molecule has 4 aromatic carbocycles. The van der Waals surface area contributed by atoms with Crippen LogP contribution in [0.3, 0.4) is 0 Å². The van der Waals surface area contributed by atoms with Crippen LogP contribution in [0.2, 0.25) is 0 Å². The Morgan fingerprint density at radius 3 is 2.48 bits per heavy atom. The summed E-state index contributed by atoms with van der Waals surface area (Å²) in [7, 11) is 2.07. The summed E-state index contributed by atoms with van der Waals surface area (Å²) in [5, 5.41) is 4.22. The molecule has 0 aliphatic carbocycles. The number of fused-ring (bicyclic) bond motifs is 3. The van der Waals surface area contributed by atoms with E-state index in [9.17, 15) is 9.59 Å². The lowest BCUT2D eigenvalue weighted by atomic mass is 9.90. The number of ether oxygens (including phenoxy) is 2. The lowest BCUT2D eigenvalue weighted by Crippen LogP contribution is -2.51.